The van der Waals surface area contributed by atoms with Crippen molar-refractivity contribution in [1.29, 1.82) is 5.26 Å². The van der Waals surface area contributed by atoms with Gasteiger partial charge in [0.05, 0.1) is 12.2 Å². The molecule has 3 nitrogen and oxygen atoms in total. The molecule has 0 radical (unpaired) electrons. The van der Waals surface area contributed by atoms with Crippen molar-refractivity contribution in [2.75, 3.05) is 6.61 Å². The van der Waals surface area contributed by atoms with Crippen molar-refractivity contribution in [2.45, 2.75) is 26.7 Å². The molecule has 94 valence electrons. The van der Waals surface area contributed by atoms with Crippen LogP contribution < -0.4 is 4.74 Å². The summed E-state index contributed by atoms with van der Waals surface area (Å²) in [6.07, 6.45) is 3.72. The van der Waals surface area contributed by atoms with Crippen molar-refractivity contribution in [3.8, 4) is 11.8 Å². The number of hydrogen-bond acceptors (Lipinski definition) is 3. The quantitative estimate of drug-likeness (QED) is 0.437. The van der Waals surface area contributed by atoms with Crippen molar-refractivity contribution in [2.24, 2.45) is 0 Å². The lowest BCUT2D eigenvalue weighted by molar-refractivity contribution is -0.113. The maximum atomic E-state index is 11.1. The molecule has 0 aliphatic heterocycles. The van der Waals surface area contributed by atoms with E-state index in [1.807, 2.05) is 30.3 Å². The predicted octanol–water partition coefficient (Wildman–Crippen LogP) is 3.36. The second-order valence-corrected chi connectivity index (χ2v) is 4.00. The van der Waals surface area contributed by atoms with Crippen LogP contribution >= 0.6 is 0 Å². The van der Waals surface area contributed by atoms with Crippen LogP contribution in [0.15, 0.2) is 29.8 Å². The fourth-order valence-corrected chi connectivity index (χ4v) is 1.37. The summed E-state index contributed by atoms with van der Waals surface area (Å²) in [5, 5.41) is 8.79. The van der Waals surface area contributed by atoms with Gasteiger partial charge in [0.2, 0.25) is 0 Å². The van der Waals surface area contributed by atoms with Crippen molar-refractivity contribution in [1.82, 2.24) is 0 Å². The first-order chi connectivity index (χ1) is 8.67. The molecule has 0 fully saturated rings. The molecule has 0 aromatic heterocycles. The first-order valence-electron chi connectivity index (χ1n) is 6.03. The Balaban J connectivity index is 2.71. The summed E-state index contributed by atoms with van der Waals surface area (Å²) in [6, 6.07) is 9.24. The summed E-state index contributed by atoms with van der Waals surface area (Å²) in [5.41, 5.74) is 0.985. The van der Waals surface area contributed by atoms with Gasteiger partial charge >= 0.3 is 0 Å². The fourth-order valence-electron chi connectivity index (χ4n) is 1.37. The molecule has 0 heterocycles. The molecular weight excluding hydrogens is 226 g/mol. The molecular formula is C15H17NO2. The molecule has 0 spiro atoms. The van der Waals surface area contributed by atoms with Crippen LogP contribution in [0.4, 0.5) is 0 Å². The summed E-state index contributed by atoms with van der Waals surface area (Å²) in [4.78, 5) is 11.1. The van der Waals surface area contributed by atoms with E-state index in [2.05, 4.69) is 6.92 Å². The van der Waals surface area contributed by atoms with E-state index in [9.17, 15) is 4.79 Å². The molecule has 1 aromatic rings. The second kappa shape index (κ2) is 7.29. The standard InChI is InChI=1S/C15H17NO2/c1-3-4-9-18-15-7-5-13(6-8-15)10-14(11-16)12(2)17/h5-8,10H,3-4,9H2,1-2H3. The highest BCUT2D eigenvalue weighted by molar-refractivity contribution is 6.01. The summed E-state index contributed by atoms with van der Waals surface area (Å²) < 4.78 is 5.53. The number of ether oxygens (including phenoxy) is 1. The first-order valence-corrected chi connectivity index (χ1v) is 6.03. The second-order valence-electron chi connectivity index (χ2n) is 4.00. The lowest BCUT2D eigenvalue weighted by atomic mass is 10.1. The molecule has 0 N–H and O–H groups in total. The smallest absolute Gasteiger partial charge is 0.170 e. The van der Waals surface area contributed by atoms with Gasteiger partial charge in [0.1, 0.15) is 11.8 Å². The largest absolute Gasteiger partial charge is 0.494 e. The van der Waals surface area contributed by atoms with Gasteiger partial charge in [-0.3, -0.25) is 4.79 Å². The average Bonchev–Trinajstić information content (AvgIpc) is 2.37. The van der Waals surface area contributed by atoms with Crippen molar-refractivity contribution in [3.63, 3.8) is 0 Å². The Labute approximate surface area is 108 Å². The Morgan fingerprint density at radius 1 is 1.39 bits per heavy atom. The minimum atomic E-state index is -0.222. The number of nitriles is 1. The summed E-state index contributed by atoms with van der Waals surface area (Å²) in [7, 11) is 0. The Kier molecular flexibility index (Phi) is 5.66. The third kappa shape index (κ3) is 4.42. The van der Waals surface area contributed by atoms with Crippen LogP contribution in [0.3, 0.4) is 0 Å². The van der Waals surface area contributed by atoms with E-state index >= 15 is 0 Å². The number of hydrogen-bond donors (Lipinski definition) is 0. The summed E-state index contributed by atoms with van der Waals surface area (Å²) >= 11 is 0. The summed E-state index contributed by atoms with van der Waals surface area (Å²) in [5.74, 6) is 0.586. The number of unbranched alkanes of at least 4 members (excludes halogenated alkanes) is 1. The van der Waals surface area contributed by atoms with Gasteiger partial charge in [-0.1, -0.05) is 25.5 Å². The van der Waals surface area contributed by atoms with Gasteiger partial charge in [-0.05, 0) is 37.1 Å². The van der Waals surface area contributed by atoms with Gasteiger partial charge in [0.15, 0.2) is 5.78 Å². The van der Waals surface area contributed by atoms with Gasteiger partial charge in [-0.15, -0.1) is 0 Å². The monoisotopic (exact) mass is 243 g/mol. The third-order valence-electron chi connectivity index (χ3n) is 2.46. The van der Waals surface area contributed by atoms with Crippen LogP contribution in [-0.4, -0.2) is 12.4 Å². The molecule has 3 heteroatoms. The molecule has 1 aromatic carbocycles. The first kappa shape index (κ1) is 14.0. The van der Waals surface area contributed by atoms with E-state index < -0.39 is 0 Å². The zero-order valence-electron chi connectivity index (χ0n) is 10.8. The van der Waals surface area contributed by atoms with E-state index in [-0.39, 0.29) is 11.4 Å². The molecule has 0 aliphatic carbocycles. The van der Waals surface area contributed by atoms with Crippen LogP contribution in [0, 0.1) is 11.3 Å². The number of allylic oxidation sites excluding steroid dienone is 1. The van der Waals surface area contributed by atoms with E-state index in [1.165, 1.54) is 6.92 Å². The fraction of sp³-hybridized carbons (Fsp3) is 0.333. The molecule has 0 aliphatic rings. The lowest BCUT2D eigenvalue weighted by Crippen LogP contribution is -1.96. The zero-order valence-corrected chi connectivity index (χ0v) is 10.8. The highest BCUT2D eigenvalue weighted by Gasteiger charge is 2.02. The van der Waals surface area contributed by atoms with Crippen LogP contribution in [0.25, 0.3) is 6.08 Å². The van der Waals surface area contributed by atoms with E-state index in [0.717, 1.165) is 24.2 Å². The Bertz CT molecular complexity index is 466. The molecule has 0 unspecified atom stereocenters. The Hall–Kier alpha value is -2.08. The number of carbonyl (C=O) groups is 1. The molecule has 0 atom stereocenters. The van der Waals surface area contributed by atoms with Crippen LogP contribution in [-0.2, 0) is 4.79 Å². The number of rotatable bonds is 6. The normalized spacial score (nSPS) is 10.8. The van der Waals surface area contributed by atoms with Gasteiger partial charge in [0, 0.05) is 0 Å². The highest BCUT2D eigenvalue weighted by atomic mass is 16.5. The third-order valence-corrected chi connectivity index (χ3v) is 2.46. The van der Waals surface area contributed by atoms with Gasteiger partial charge in [0.25, 0.3) is 0 Å². The van der Waals surface area contributed by atoms with Crippen LogP contribution in [0.5, 0.6) is 5.75 Å². The zero-order chi connectivity index (χ0) is 13.4. The van der Waals surface area contributed by atoms with E-state index in [4.69, 9.17) is 10.00 Å². The topological polar surface area (TPSA) is 50.1 Å². The molecule has 0 saturated carbocycles. The van der Waals surface area contributed by atoms with Gasteiger partial charge in [-0.2, -0.15) is 5.26 Å². The molecule has 18 heavy (non-hydrogen) atoms. The van der Waals surface area contributed by atoms with E-state index in [1.54, 1.807) is 6.08 Å². The number of benzene rings is 1. The average molecular weight is 243 g/mol. The number of carbonyl (C=O) groups excluding carboxylic acids is 1. The Morgan fingerprint density at radius 3 is 2.56 bits per heavy atom. The lowest BCUT2D eigenvalue weighted by Gasteiger charge is -2.05. The van der Waals surface area contributed by atoms with E-state index in [0.29, 0.717) is 6.61 Å². The van der Waals surface area contributed by atoms with Crippen molar-refractivity contribution >= 4 is 11.9 Å². The number of ketones is 1. The predicted molar refractivity (Wildman–Crippen MR) is 71.1 cm³/mol. The van der Waals surface area contributed by atoms with Gasteiger partial charge < -0.3 is 4.74 Å². The van der Waals surface area contributed by atoms with Crippen LogP contribution in [0.2, 0.25) is 0 Å². The van der Waals surface area contributed by atoms with Crippen LogP contribution in [0.1, 0.15) is 32.3 Å². The van der Waals surface area contributed by atoms with Gasteiger partial charge in [-0.25, -0.2) is 0 Å². The maximum Gasteiger partial charge on any atom is 0.170 e. The SMILES string of the molecule is CCCCOc1ccc(C=C(C#N)C(C)=O)cc1. The number of nitrogens with zero attached hydrogens (tertiary/aromatic N) is 1. The number of Topliss-reactive ketones (excluding diaryl/α,β-unsaturated/α-hetero) is 1. The molecule has 0 saturated heterocycles. The molecule has 0 amide bonds. The maximum absolute atomic E-state index is 11.1. The van der Waals surface area contributed by atoms with Crippen molar-refractivity contribution in [3.05, 3.63) is 35.4 Å². The minimum Gasteiger partial charge on any atom is -0.494 e. The van der Waals surface area contributed by atoms with Crippen molar-refractivity contribution < 1.29 is 9.53 Å². The Morgan fingerprint density at radius 2 is 2.06 bits per heavy atom. The summed E-state index contributed by atoms with van der Waals surface area (Å²) in [6.45, 7) is 4.21. The molecule has 0 bridgehead atoms. The minimum absolute atomic E-state index is 0.162. The highest BCUT2D eigenvalue weighted by Crippen LogP contribution is 2.15. The molecule has 1 rings (SSSR count).